The van der Waals surface area contributed by atoms with Crippen molar-refractivity contribution in [3.05, 3.63) is 81.7 Å². The number of hydrogen-bond acceptors (Lipinski definition) is 5. The van der Waals surface area contributed by atoms with Gasteiger partial charge in [-0.05, 0) is 61.0 Å². The minimum atomic E-state index is -0.409. The summed E-state index contributed by atoms with van der Waals surface area (Å²) in [6.45, 7) is 1.94. The molecule has 2 aromatic carbocycles. The van der Waals surface area contributed by atoms with Crippen LogP contribution in [0.25, 0.3) is 23.7 Å². The van der Waals surface area contributed by atoms with E-state index in [0.29, 0.717) is 50.1 Å². The maximum atomic E-state index is 12.5. The maximum absolute atomic E-state index is 12.5. The van der Waals surface area contributed by atoms with E-state index in [0.717, 1.165) is 5.56 Å². The molecule has 0 saturated heterocycles. The van der Waals surface area contributed by atoms with Crippen LogP contribution in [0, 0.1) is 6.92 Å². The highest BCUT2D eigenvalue weighted by molar-refractivity contribution is 6.37. The number of nitrogens with one attached hydrogen (secondary N) is 2. The SMILES string of the molecule is COc1ccc(C)cc1NC(=O)Nc1ccc(-c2nnc(/C=C/c3c(Cl)cccc3Cl)n2C)nc1. The Hall–Kier alpha value is -3.88. The lowest BCUT2D eigenvalue weighted by Crippen LogP contribution is -2.20. The fraction of sp³-hybridized carbons (Fsp3) is 0.120. The number of hydrogen-bond donors (Lipinski definition) is 2. The third-order valence-corrected chi connectivity index (χ3v) is 5.82. The van der Waals surface area contributed by atoms with Crippen LogP contribution in [0.1, 0.15) is 17.0 Å². The van der Waals surface area contributed by atoms with Crippen molar-refractivity contribution in [2.75, 3.05) is 17.7 Å². The molecule has 0 aliphatic heterocycles. The first-order valence-corrected chi connectivity index (χ1v) is 11.3. The van der Waals surface area contributed by atoms with Crippen LogP contribution in [0.15, 0.2) is 54.7 Å². The van der Waals surface area contributed by atoms with Crippen molar-refractivity contribution in [2.24, 2.45) is 7.05 Å². The van der Waals surface area contributed by atoms with Crippen LogP contribution >= 0.6 is 23.2 Å². The van der Waals surface area contributed by atoms with E-state index in [9.17, 15) is 4.79 Å². The molecule has 0 radical (unpaired) electrons. The van der Waals surface area contributed by atoms with Gasteiger partial charge in [-0.3, -0.25) is 4.98 Å². The number of nitrogens with zero attached hydrogens (tertiary/aromatic N) is 4. The van der Waals surface area contributed by atoms with Gasteiger partial charge in [-0.2, -0.15) is 0 Å². The summed E-state index contributed by atoms with van der Waals surface area (Å²) in [5.41, 5.74) is 3.40. The molecule has 8 nitrogen and oxygen atoms in total. The number of pyridine rings is 1. The van der Waals surface area contributed by atoms with Crippen molar-refractivity contribution < 1.29 is 9.53 Å². The number of methoxy groups -OCH3 is 1. The van der Waals surface area contributed by atoms with E-state index < -0.39 is 6.03 Å². The summed E-state index contributed by atoms with van der Waals surface area (Å²) < 4.78 is 7.09. The van der Waals surface area contributed by atoms with E-state index in [4.69, 9.17) is 27.9 Å². The normalized spacial score (nSPS) is 11.0. The Balaban J connectivity index is 1.46. The second-order valence-corrected chi connectivity index (χ2v) is 8.44. The predicted octanol–water partition coefficient (Wildman–Crippen LogP) is 6.32. The summed E-state index contributed by atoms with van der Waals surface area (Å²) in [4.78, 5) is 16.9. The van der Waals surface area contributed by atoms with Crippen LogP contribution in [-0.2, 0) is 7.05 Å². The smallest absolute Gasteiger partial charge is 0.323 e. The maximum Gasteiger partial charge on any atom is 0.323 e. The van der Waals surface area contributed by atoms with Gasteiger partial charge in [0.1, 0.15) is 11.4 Å². The van der Waals surface area contributed by atoms with E-state index in [1.807, 2.05) is 26.1 Å². The van der Waals surface area contributed by atoms with Crippen molar-refractivity contribution >= 4 is 52.8 Å². The zero-order valence-electron chi connectivity index (χ0n) is 19.2. The third kappa shape index (κ3) is 5.62. The summed E-state index contributed by atoms with van der Waals surface area (Å²) in [5.74, 6) is 1.74. The Kier molecular flexibility index (Phi) is 7.33. The van der Waals surface area contributed by atoms with Crippen LogP contribution < -0.4 is 15.4 Å². The van der Waals surface area contributed by atoms with Crippen LogP contribution in [0.4, 0.5) is 16.2 Å². The summed E-state index contributed by atoms with van der Waals surface area (Å²) in [5, 5.41) is 15.1. The van der Waals surface area contributed by atoms with Gasteiger partial charge < -0.3 is 19.9 Å². The molecular weight excluding hydrogens is 487 g/mol. The molecule has 10 heteroatoms. The van der Waals surface area contributed by atoms with Crippen LogP contribution in [0.2, 0.25) is 10.0 Å². The third-order valence-electron chi connectivity index (χ3n) is 5.16. The summed E-state index contributed by atoms with van der Waals surface area (Å²) >= 11 is 12.5. The molecule has 0 aliphatic rings. The van der Waals surface area contributed by atoms with Gasteiger partial charge in [0.25, 0.3) is 0 Å². The molecule has 2 N–H and O–H groups in total. The molecule has 35 heavy (non-hydrogen) atoms. The zero-order chi connectivity index (χ0) is 24.9. The number of aryl methyl sites for hydroxylation is 1. The molecule has 4 aromatic rings. The van der Waals surface area contributed by atoms with Gasteiger partial charge in [0.15, 0.2) is 11.6 Å². The molecule has 0 unspecified atom stereocenters. The highest BCUT2D eigenvalue weighted by atomic mass is 35.5. The van der Waals surface area contributed by atoms with Gasteiger partial charge in [-0.25, -0.2) is 4.79 Å². The quantitative estimate of drug-likeness (QED) is 0.318. The molecule has 178 valence electrons. The van der Waals surface area contributed by atoms with E-state index in [-0.39, 0.29) is 0 Å². The Labute approximate surface area is 212 Å². The predicted molar refractivity (Wildman–Crippen MR) is 140 cm³/mol. The zero-order valence-corrected chi connectivity index (χ0v) is 20.7. The molecule has 0 fully saturated rings. The lowest BCUT2D eigenvalue weighted by molar-refractivity contribution is 0.262. The molecule has 0 spiro atoms. The molecule has 2 amide bonds. The van der Waals surface area contributed by atoms with Gasteiger partial charge >= 0.3 is 6.03 Å². The highest BCUT2D eigenvalue weighted by Gasteiger charge is 2.12. The topological polar surface area (TPSA) is 94.0 Å². The lowest BCUT2D eigenvalue weighted by Gasteiger charge is -2.12. The number of halogens is 2. The lowest BCUT2D eigenvalue weighted by atomic mass is 10.2. The van der Waals surface area contributed by atoms with Crippen molar-refractivity contribution in [3.8, 4) is 17.3 Å². The molecule has 0 aliphatic carbocycles. The largest absolute Gasteiger partial charge is 0.495 e. The number of ether oxygens (including phenoxy) is 1. The molecule has 0 atom stereocenters. The Morgan fingerprint density at radius 1 is 1.03 bits per heavy atom. The van der Waals surface area contributed by atoms with Crippen molar-refractivity contribution in [2.45, 2.75) is 6.92 Å². The molecule has 4 rings (SSSR count). The van der Waals surface area contributed by atoms with Gasteiger partial charge in [-0.15, -0.1) is 10.2 Å². The molecule has 0 saturated carbocycles. The van der Waals surface area contributed by atoms with E-state index >= 15 is 0 Å². The first-order chi connectivity index (χ1) is 16.9. The average Bonchev–Trinajstić information content (AvgIpc) is 3.19. The molecular formula is C25H22Cl2N6O2. The van der Waals surface area contributed by atoms with Gasteiger partial charge in [0.2, 0.25) is 0 Å². The number of benzene rings is 2. The fourth-order valence-electron chi connectivity index (χ4n) is 3.34. The van der Waals surface area contributed by atoms with Gasteiger partial charge in [-0.1, -0.05) is 35.3 Å². The average molecular weight is 509 g/mol. The minimum Gasteiger partial charge on any atom is -0.495 e. The molecule has 0 bridgehead atoms. The summed E-state index contributed by atoms with van der Waals surface area (Å²) in [6.07, 6.45) is 5.13. The second kappa shape index (κ2) is 10.6. The number of aromatic nitrogens is 4. The standard InChI is InChI=1S/C25H22Cl2N6O2/c1-15-7-11-22(35-3)21(13-15)30-25(34)29-16-8-10-20(28-14-16)24-32-31-23(33(24)2)12-9-17-18(26)5-4-6-19(17)27/h4-14H,1-3H3,(H2,29,30,34)/b12-9+. The fourth-order valence-corrected chi connectivity index (χ4v) is 3.86. The Morgan fingerprint density at radius 3 is 2.49 bits per heavy atom. The van der Waals surface area contributed by atoms with Gasteiger partial charge in [0, 0.05) is 22.7 Å². The Bertz CT molecular complexity index is 1380. The van der Waals surface area contributed by atoms with E-state index in [1.165, 1.54) is 0 Å². The van der Waals surface area contributed by atoms with Crippen LogP contribution in [-0.4, -0.2) is 32.9 Å². The number of carbonyl (C=O) groups is 1. The number of rotatable bonds is 6. The minimum absolute atomic E-state index is 0.409. The number of anilines is 2. The first-order valence-electron chi connectivity index (χ1n) is 10.6. The number of carbonyl (C=O) groups excluding carboxylic acids is 1. The second-order valence-electron chi connectivity index (χ2n) is 7.62. The highest BCUT2D eigenvalue weighted by Crippen LogP contribution is 2.27. The molecule has 2 aromatic heterocycles. The van der Waals surface area contributed by atoms with Crippen molar-refractivity contribution in [3.63, 3.8) is 0 Å². The monoisotopic (exact) mass is 508 g/mol. The molecule has 2 heterocycles. The first kappa shape index (κ1) is 24.3. The van der Waals surface area contributed by atoms with Crippen molar-refractivity contribution in [1.82, 2.24) is 19.7 Å². The van der Waals surface area contributed by atoms with Crippen LogP contribution in [0.5, 0.6) is 5.75 Å². The number of amides is 2. The summed E-state index contributed by atoms with van der Waals surface area (Å²) in [7, 11) is 3.38. The number of urea groups is 1. The summed E-state index contributed by atoms with van der Waals surface area (Å²) in [6, 6.07) is 14.0. The van der Waals surface area contributed by atoms with Crippen LogP contribution in [0.3, 0.4) is 0 Å². The van der Waals surface area contributed by atoms with Crippen molar-refractivity contribution in [1.29, 1.82) is 0 Å². The van der Waals surface area contributed by atoms with E-state index in [1.54, 1.807) is 66.4 Å². The Morgan fingerprint density at radius 2 is 1.80 bits per heavy atom. The van der Waals surface area contributed by atoms with Gasteiger partial charge in [0.05, 0.1) is 24.7 Å². The van der Waals surface area contributed by atoms with E-state index in [2.05, 4.69) is 25.8 Å².